The second kappa shape index (κ2) is 8.82. The second-order valence-corrected chi connectivity index (χ2v) is 8.72. The summed E-state index contributed by atoms with van der Waals surface area (Å²) < 4.78 is 7.01. The first-order valence-corrected chi connectivity index (χ1v) is 11.5. The van der Waals surface area contributed by atoms with Crippen molar-refractivity contribution in [3.8, 4) is 17.2 Å². The van der Waals surface area contributed by atoms with Gasteiger partial charge < -0.3 is 10.1 Å². The lowest BCUT2D eigenvalue weighted by Crippen LogP contribution is -2.37. The summed E-state index contributed by atoms with van der Waals surface area (Å²) in [5.41, 5.74) is 6.17. The summed E-state index contributed by atoms with van der Waals surface area (Å²) in [4.78, 5) is 22.7. The number of fused-ring (bicyclic) bond motifs is 3. The SMILES string of the molecule is CC[C@H](COC)NC(=O)c1cnn(-c2ncc3c(n2)-c2ccccc2CCC3)c1C1CC1. The summed E-state index contributed by atoms with van der Waals surface area (Å²) in [5.74, 6) is 0.739. The molecule has 166 valence electrons. The van der Waals surface area contributed by atoms with Crippen molar-refractivity contribution in [3.05, 3.63) is 59.0 Å². The fraction of sp³-hybridized carbons (Fsp3) is 0.440. The lowest BCUT2D eigenvalue weighted by Gasteiger charge is -2.16. The number of nitrogens with zero attached hydrogens (tertiary/aromatic N) is 4. The second-order valence-electron chi connectivity index (χ2n) is 8.72. The third kappa shape index (κ3) is 3.93. The maximum absolute atomic E-state index is 13.1. The van der Waals surface area contributed by atoms with Crippen LogP contribution in [-0.4, -0.2) is 45.4 Å². The van der Waals surface area contributed by atoms with E-state index in [2.05, 4.69) is 39.7 Å². The Labute approximate surface area is 188 Å². The Morgan fingerprint density at radius 3 is 2.81 bits per heavy atom. The zero-order valence-corrected chi connectivity index (χ0v) is 18.7. The summed E-state index contributed by atoms with van der Waals surface area (Å²) >= 11 is 0. The monoisotopic (exact) mass is 431 g/mol. The van der Waals surface area contributed by atoms with Gasteiger partial charge >= 0.3 is 0 Å². The molecule has 2 aromatic heterocycles. The molecule has 0 radical (unpaired) electrons. The van der Waals surface area contributed by atoms with Gasteiger partial charge in [0.15, 0.2) is 0 Å². The summed E-state index contributed by atoms with van der Waals surface area (Å²) in [6.07, 6.45) is 9.59. The minimum atomic E-state index is -0.109. The number of rotatable bonds is 7. The van der Waals surface area contributed by atoms with Gasteiger partial charge in [-0.2, -0.15) is 5.10 Å². The number of hydrogen-bond acceptors (Lipinski definition) is 5. The third-order valence-corrected chi connectivity index (χ3v) is 6.42. The molecule has 0 saturated heterocycles. The molecule has 1 saturated carbocycles. The molecule has 1 amide bonds. The van der Waals surface area contributed by atoms with Crippen LogP contribution >= 0.6 is 0 Å². The van der Waals surface area contributed by atoms with Crippen molar-refractivity contribution in [2.45, 2.75) is 57.4 Å². The van der Waals surface area contributed by atoms with E-state index in [0.717, 1.165) is 49.9 Å². The molecule has 1 atom stereocenters. The minimum absolute atomic E-state index is 0.0249. The van der Waals surface area contributed by atoms with Gasteiger partial charge in [-0.25, -0.2) is 14.6 Å². The Kier molecular flexibility index (Phi) is 5.74. The molecule has 1 N–H and O–H groups in total. The van der Waals surface area contributed by atoms with E-state index in [1.165, 1.54) is 16.7 Å². The molecular weight excluding hydrogens is 402 g/mol. The van der Waals surface area contributed by atoms with Crippen LogP contribution in [0, 0.1) is 0 Å². The van der Waals surface area contributed by atoms with Gasteiger partial charge in [-0.1, -0.05) is 31.2 Å². The average Bonchev–Trinajstić information content (AvgIpc) is 3.59. The van der Waals surface area contributed by atoms with Crippen LogP contribution in [0.4, 0.5) is 0 Å². The van der Waals surface area contributed by atoms with E-state index in [0.29, 0.717) is 24.0 Å². The smallest absolute Gasteiger partial charge is 0.255 e. The van der Waals surface area contributed by atoms with E-state index < -0.39 is 0 Å². The maximum Gasteiger partial charge on any atom is 0.255 e. The molecule has 0 spiro atoms. The third-order valence-electron chi connectivity index (χ3n) is 6.42. The Bertz CT molecular complexity index is 1140. The molecule has 3 aromatic rings. The average molecular weight is 432 g/mol. The highest BCUT2D eigenvalue weighted by Gasteiger charge is 2.34. The zero-order chi connectivity index (χ0) is 22.1. The molecule has 1 aromatic carbocycles. The van der Waals surface area contributed by atoms with Crippen LogP contribution in [0.25, 0.3) is 17.2 Å². The van der Waals surface area contributed by atoms with Gasteiger partial charge in [-0.05, 0) is 49.7 Å². The number of nitrogens with one attached hydrogen (secondary N) is 1. The van der Waals surface area contributed by atoms with Crippen LogP contribution in [0.3, 0.4) is 0 Å². The number of hydrogen-bond donors (Lipinski definition) is 1. The van der Waals surface area contributed by atoms with Crippen molar-refractivity contribution >= 4 is 5.91 Å². The Balaban J connectivity index is 1.53. The van der Waals surface area contributed by atoms with Gasteiger partial charge in [0.25, 0.3) is 11.9 Å². The number of benzene rings is 1. The zero-order valence-electron chi connectivity index (χ0n) is 18.7. The highest BCUT2D eigenvalue weighted by molar-refractivity contribution is 5.95. The fourth-order valence-corrected chi connectivity index (χ4v) is 4.52. The van der Waals surface area contributed by atoms with Crippen molar-refractivity contribution in [2.24, 2.45) is 0 Å². The number of methoxy groups -OCH3 is 1. The van der Waals surface area contributed by atoms with Crippen molar-refractivity contribution in [2.75, 3.05) is 13.7 Å². The normalized spacial score (nSPS) is 16.1. The van der Waals surface area contributed by atoms with E-state index >= 15 is 0 Å². The predicted octanol–water partition coefficient (Wildman–Crippen LogP) is 3.85. The molecule has 7 nitrogen and oxygen atoms in total. The molecule has 0 unspecified atom stereocenters. The van der Waals surface area contributed by atoms with Gasteiger partial charge in [-0.3, -0.25) is 4.79 Å². The summed E-state index contributed by atoms with van der Waals surface area (Å²) in [7, 11) is 1.65. The van der Waals surface area contributed by atoms with E-state index in [9.17, 15) is 4.79 Å². The number of carbonyl (C=O) groups excluding carboxylic acids is 1. The highest BCUT2D eigenvalue weighted by Crippen LogP contribution is 2.42. The highest BCUT2D eigenvalue weighted by atomic mass is 16.5. The lowest BCUT2D eigenvalue weighted by molar-refractivity contribution is 0.0893. The van der Waals surface area contributed by atoms with Crippen LogP contribution in [0.5, 0.6) is 0 Å². The molecule has 5 rings (SSSR count). The Morgan fingerprint density at radius 2 is 2.03 bits per heavy atom. The molecular formula is C25H29N5O2. The Morgan fingerprint density at radius 1 is 1.22 bits per heavy atom. The molecule has 2 heterocycles. The Hall–Kier alpha value is -3.06. The molecule has 2 aliphatic rings. The first-order chi connectivity index (χ1) is 15.7. The maximum atomic E-state index is 13.1. The van der Waals surface area contributed by atoms with Gasteiger partial charge in [0.2, 0.25) is 0 Å². The molecule has 32 heavy (non-hydrogen) atoms. The number of amides is 1. The van der Waals surface area contributed by atoms with E-state index in [4.69, 9.17) is 9.72 Å². The van der Waals surface area contributed by atoms with Crippen LogP contribution in [0.15, 0.2) is 36.7 Å². The van der Waals surface area contributed by atoms with Gasteiger partial charge in [0.05, 0.1) is 35.8 Å². The van der Waals surface area contributed by atoms with Gasteiger partial charge in [0.1, 0.15) is 0 Å². The van der Waals surface area contributed by atoms with Crippen molar-refractivity contribution in [1.82, 2.24) is 25.1 Å². The van der Waals surface area contributed by atoms with Crippen molar-refractivity contribution < 1.29 is 9.53 Å². The van der Waals surface area contributed by atoms with Crippen LogP contribution in [-0.2, 0) is 17.6 Å². The summed E-state index contributed by atoms with van der Waals surface area (Å²) in [6, 6.07) is 8.44. The van der Waals surface area contributed by atoms with Crippen LogP contribution in [0.1, 0.15) is 65.7 Å². The molecule has 0 aliphatic heterocycles. The minimum Gasteiger partial charge on any atom is -0.383 e. The van der Waals surface area contributed by atoms with Gasteiger partial charge in [-0.15, -0.1) is 0 Å². The molecule has 7 heteroatoms. The largest absolute Gasteiger partial charge is 0.383 e. The van der Waals surface area contributed by atoms with E-state index in [-0.39, 0.29) is 11.9 Å². The first-order valence-electron chi connectivity index (χ1n) is 11.5. The number of ether oxygens (including phenoxy) is 1. The molecule has 0 bridgehead atoms. The standard InChI is InChI=1S/C25H29N5O2/c1-3-19(15-32-2)28-24(31)21-14-27-30(23(21)17-11-12-17)25-26-13-18-9-6-8-16-7-4-5-10-20(16)22(18)29-25/h4-5,7,10,13-14,17,19H,3,6,8-9,11-12,15H2,1-2H3,(H,28,31)/t19-/m1/s1. The van der Waals surface area contributed by atoms with E-state index in [1.807, 2.05) is 13.1 Å². The van der Waals surface area contributed by atoms with Crippen molar-refractivity contribution in [1.29, 1.82) is 0 Å². The molecule has 1 fully saturated rings. The quantitative estimate of drug-likeness (QED) is 0.614. The van der Waals surface area contributed by atoms with Crippen molar-refractivity contribution in [3.63, 3.8) is 0 Å². The number of aryl methyl sites for hydroxylation is 2. The number of carbonyl (C=O) groups is 1. The topological polar surface area (TPSA) is 81.9 Å². The summed E-state index contributed by atoms with van der Waals surface area (Å²) in [6.45, 7) is 2.53. The fourth-order valence-electron chi connectivity index (χ4n) is 4.52. The number of aromatic nitrogens is 4. The van der Waals surface area contributed by atoms with Crippen LogP contribution in [0.2, 0.25) is 0 Å². The first kappa shape index (κ1) is 20.8. The molecule has 2 aliphatic carbocycles. The van der Waals surface area contributed by atoms with E-state index in [1.54, 1.807) is 18.0 Å². The predicted molar refractivity (Wildman–Crippen MR) is 122 cm³/mol. The van der Waals surface area contributed by atoms with Gasteiger partial charge in [0, 0.05) is 24.8 Å². The summed E-state index contributed by atoms with van der Waals surface area (Å²) in [5, 5.41) is 7.66. The lowest BCUT2D eigenvalue weighted by atomic mass is 10.0. The van der Waals surface area contributed by atoms with Crippen LogP contribution < -0.4 is 5.32 Å².